The quantitative estimate of drug-likeness (QED) is 0.878. The first-order chi connectivity index (χ1) is 9.67. The monoisotopic (exact) mass is 275 g/mol. The Kier molecular flexibility index (Phi) is 4.63. The Balaban J connectivity index is 2.32. The Bertz CT molecular complexity index is 566. The van der Waals surface area contributed by atoms with E-state index < -0.39 is 0 Å². The second kappa shape index (κ2) is 6.43. The first-order valence-electron chi connectivity index (χ1n) is 6.80. The van der Waals surface area contributed by atoms with E-state index in [1.54, 1.807) is 10.9 Å². The van der Waals surface area contributed by atoms with E-state index in [1.807, 2.05) is 45.2 Å². The van der Waals surface area contributed by atoms with Crippen LogP contribution in [0, 0.1) is 0 Å². The van der Waals surface area contributed by atoms with Gasteiger partial charge in [-0.1, -0.05) is 6.07 Å². The van der Waals surface area contributed by atoms with E-state index in [-0.39, 0.29) is 6.04 Å². The summed E-state index contributed by atoms with van der Waals surface area (Å²) in [6.07, 6.45) is 1.74. The maximum absolute atomic E-state index is 6.29. The van der Waals surface area contributed by atoms with Crippen molar-refractivity contribution in [2.45, 2.75) is 19.9 Å². The molecule has 1 atom stereocenters. The summed E-state index contributed by atoms with van der Waals surface area (Å²) < 4.78 is 13.0. The third-order valence-corrected chi connectivity index (χ3v) is 3.10. The van der Waals surface area contributed by atoms with E-state index in [1.165, 1.54) is 0 Å². The van der Waals surface area contributed by atoms with Crippen LogP contribution in [0.3, 0.4) is 0 Å². The molecule has 0 spiro atoms. The number of hydrogen-bond acceptors (Lipinski definition) is 4. The fourth-order valence-corrected chi connectivity index (χ4v) is 2.12. The second-order valence-corrected chi connectivity index (χ2v) is 4.43. The van der Waals surface area contributed by atoms with Gasteiger partial charge in [-0.2, -0.15) is 5.10 Å². The first-order valence-corrected chi connectivity index (χ1v) is 6.80. The first kappa shape index (κ1) is 14.4. The van der Waals surface area contributed by atoms with Crippen molar-refractivity contribution in [3.8, 4) is 11.5 Å². The average molecular weight is 275 g/mol. The fourth-order valence-electron chi connectivity index (χ4n) is 2.12. The highest BCUT2D eigenvalue weighted by Gasteiger charge is 2.15. The second-order valence-electron chi connectivity index (χ2n) is 4.43. The van der Waals surface area contributed by atoms with Crippen LogP contribution in [0.25, 0.3) is 0 Å². The minimum atomic E-state index is -0.239. The molecule has 5 heteroatoms. The van der Waals surface area contributed by atoms with Crippen LogP contribution in [-0.4, -0.2) is 23.0 Å². The molecule has 5 nitrogen and oxygen atoms in total. The maximum Gasteiger partial charge on any atom is 0.161 e. The van der Waals surface area contributed by atoms with Crippen molar-refractivity contribution in [1.82, 2.24) is 9.78 Å². The molecule has 0 saturated heterocycles. The molecule has 1 heterocycles. The predicted molar refractivity (Wildman–Crippen MR) is 78.0 cm³/mol. The molecule has 0 amide bonds. The van der Waals surface area contributed by atoms with E-state index >= 15 is 0 Å². The Morgan fingerprint density at radius 1 is 1.15 bits per heavy atom. The fraction of sp³-hybridized carbons (Fsp3) is 0.400. The maximum atomic E-state index is 6.29. The predicted octanol–water partition coefficient (Wildman–Crippen LogP) is 2.27. The number of benzene rings is 1. The zero-order valence-electron chi connectivity index (χ0n) is 12.2. The van der Waals surface area contributed by atoms with Gasteiger partial charge in [0.25, 0.3) is 0 Å². The Morgan fingerprint density at radius 2 is 1.85 bits per heavy atom. The zero-order chi connectivity index (χ0) is 14.5. The zero-order valence-corrected chi connectivity index (χ0v) is 12.2. The van der Waals surface area contributed by atoms with Gasteiger partial charge in [0, 0.05) is 13.2 Å². The topological polar surface area (TPSA) is 62.3 Å². The molecular formula is C15H21N3O2. The number of rotatable bonds is 6. The minimum Gasteiger partial charge on any atom is -0.490 e. The normalized spacial score (nSPS) is 12.2. The molecule has 2 rings (SSSR count). The van der Waals surface area contributed by atoms with Crippen molar-refractivity contribution in [2.75, 3.05) is 13.2 Å². The van der Waals surface area contributed by atoms with Gasteiger partial charge in [0.05, 0.1) is 24.9 Å². The molecule has 0 aliphatic rings. The van der Waals surface area contributed by atoms with Crippen molar-refractivity contribution in [3.63, 3.8) is 0 Å². The minimum absolute atomic E-state index is 0.239. The number of hydrogen-bond donors (Lipinski definition) is 1. The number of nitrogens with two attached hydrogens (primary N) is 1. The Labute approximate surface area is 119 Å². The molecule has 1 aromatic heterocycles. The molecule has 108 valence electrons. The summed E-state index contributed by atoms with van der Waals surface area (Å²) in [5.74, 6) is 1.47. The number of aromatic nitrogens is 2. The molecule has 0 saturated carbocycles. The van der Waals surface area contributed by atoms with Crippen LogP contribution in [0.4, 0.5) is 0 Å². The highest BCUT2D eigenvalue weighted by atomic mass is 16.5. The molecule has 0 radical (unpaired) electrons. The molecule has 0 aliphatic heterocycles. The van der Waals surface area contributed by atoms with Crippen LogP contribution in [0.5, 0.6) is 11.5 Å². The van der Waals surface area contributed by atoms with E-state index in [2.05, 4.69) is 5.10 Å². The van der Waals surface area contributed by atoms with Gasteiger partial charge in [-0.3, -0.25) is 4.68 Å². The molecule has 0 fully saturated rings. The molecule has 1 unspecified atom stereocenters. The molecule has 1 aromatic carbocycles. The van der Waals surface area contributed by atoms with E-state index in [0.717, 1.165) is 22.8 Å². The number of nitrogens with zero attached hydrogens (tertiary/aromatic N) is 2. The van der Waals surface area contributed by atoms with Crippen molar-refractivity contribution < 1.29 is 9.47 Å². The highest BCUT2D eigenvalue weighted by Crippen LogP contribution is 2.31. The lowest BCUT2D eigenvalue weighted by Crippen LogP contribution is -2.16. The van der Waals surface area contributed by atoms with E-state index in [4.69, 9.17) is 15.2 Å². The Hall–Kier alpha value is -2.01. The lowest BCUT2D eigenvalue weighted by molar-refractivity contribution is 0.287. The van der Waals surface area contributed by atoms with Gasteiger partial charge in [-0.15, -0.1) is 0 Å². The van der Waals surface area contributed by atoms with E-state index in [9.17, 15) is 0 Å². The largest absolute Gasteiger partial charge is 0.490 e. The van der Waals surface area contributed by atoms with Gasteiger partial charge in [-0.25, -0.2) is 0 Å². The lowest BCUT2D eigenvalue weighted by Gasteiger charge is -2.16. The standard InChI is InChI=1S/C15H21N3O2/c1-4-19-13-7-6-11(10-14(13)20-5-2)15(16)12-8-9-17-18(12)3/h6-10,15H,4-5,16H2,1-3H3. The van der Waals surface area contributed by atoms with Crippen molar-refractivity contribution >= 4 is 0 Å². The average Bonchev–Trinajstić information content (AvgIpc) is 2.86. The van der Waals surface area contributed by atoms with Crippen LogP contribution >= 0.6 is 0 Å². The van der Waals surface area contributed by atoms with Gasteiger partial charge in [0.2, 0.25) is 0 Å². The van der Waals surface area contributed by atoms with Gasteiger partial charge in [-0.05, 0) is 37.6 Å². The van der Waals surface area contributed by atoms with Crippen LogP contribution < -0.4 is 15.2 Å². The smallest absolute Gasteiger partial charge is 0.161 e. The van der Waals surface area contributed by atoms with Crippen LogP contribution in [-0.2, 0) is 7.05 Å². The van der Waals surface area contributed by atoms with Gasteiger partial charge in [0.1, 0.15) is 0 Å². The summed E-state index contributed by atoms with van der Waals surface area (Å²) >= 11 is 0. The number of aryl methyl sites for hydroxylation is 1. The van der Waals surface area contributed by atoms with Gasteiger partial charge < -0.3 is 15.2 Å². The third kappa shape index (κ3) is 2.93. The van der Waals surface area contributed by atoms with Gasteiger partial charge in [0.15, 0.2) is 11.5 Å². The van der Waals surface area contributed by atoms with Crippen molar-refractivity contribution in [3.05, 3.63) is 41.7 Å². The van der Waals surface area contributed by atoms with Crippen molar-refractivity contribution in [2.24, 2.45) is 12.8 Å². The summed E-state index contributed by atoms with van der Waals surface area (Å²) in [6, 6.07) is 7.48. The molecule has 2 aromatic rings. The highest BCUT2D eigenvalue weighted by molar-refractivity contribution is 5.45. The van der Waals surface area contributed by atoms with Crippen LogP contribution in [0.15, 0.2) is 30.5 Å². The van der Waals surface area contributed by atoms with E-state index in [0.29, 0.717) is 13.2 Å². The van der Waals surface area contributed by atoms with Crippen LogP contribution in [0.1, 0.15) is 31.1 Å². The SMILES string of the molecule is CCOc1ccc(C(N)c2ccnn2C)cc1OCC. The molecule has 0 aliphatic carbocycles. The molecule has 0 bridgehead atoms. The van der Waals surface area contributed by atoms with Gasteiger partial charge >= 0.3 is 0 Å². The number of ether oxygens (including phenoxy) is 2. The summed E-state index contributed by atoms with van der Waals surface area (Å²) in [4.78, 5) is 0. The molecule has 20 heavy (non-hydrogen) atoms. The summed E-state index contributed by atoms with van der Waals surface area (Å²) in [5, 5.41) is 4.15. The summed E-state index contributed by atoms with van der Waals surface area (Å²) in [5.41, 5.74) is 8.22. The lowest BCUT2D eigenvalue weighted by atomic mass is 10.0. The Morgan fingerprint density at radius 3 is 2.45 bits per heavy atom. The third-order valence-electron chi connectivity index (χ3n) is 3.10. The summed E-state index contributed by atoms with van der Waals surface area (Å²) in [6.45, 7) is 5.09. The van der Waals surface area contributed by atoms with Crippen molar-refractivity contribution in [1.29, 1.82) is 0 Å². The van der Waals surface area contributed by atoms with Crippen LogP contribution in [0.2, 0.25) is 0 Å². The molecule has 2 N–H and O–H groups in total. The summed E-state index contributed by atoms with van der Waals surface area (Å²) in [7, 11) is 1.88. The molecular weight excluding hydrogens is 254 g/mol.